The predicted molar refractivity (Wildman–Crippen MR) is 291 cm³/mol. The van der Waals surface area contributed by atoms with Crippen LogP contribution in [0.3, 0.4) is 0 Å². The fourth-order valence-corrected chi connectivity index (χ4v) is 9.44. The van der Waals surface area contributed by atoms with Crippen molar-refractivity contribution in [3.63, 3.8) is 0 Å². The van der Waals surface area contributed by atoms with E-state index in [0.29, 0.717) is 5.82 Å². The van der Waals surface area contributed by atoms with Crippen molar-refractivity contribution in [2.45, 2.75) is 0 Å². The number of rotatable bonds is 10. The van der Waals surface area contributed by atoms with Gasteiger partial charge in [-0.15, -0.1) is 29.8 Å². The SMILES string of the molecule is [Ir].[c-]1ccc(-c2nc(-c3cccc(-c4cc(-c5ccccc5)cc(-c5ccccc5)c4)c3)cc(-c3cc(-c4ccccc4)cc(-c4ccccc4-c4ccccc4)c3)n2)cc1-c1cc2ccccc2cn1. The summed E-state index contributed by atoms with van der Waals surface area (Å²) in [7, 11) is 0. The van der Waals surface area contributed by atoms with Gasteiger partial charge in [-0.1, -0.05) is 200 Å². The van der Waals surface area contributed by atoms with Crippen molar-refractivity contribution >= 4 is 10.8 Å². The normalized spacial score (nSPS) is 11.0. The minimum atomic E-state index is 0. The second-order valence-electron chi connectivity index (χ2n) is 17.6. The zero-order valence-electron chi connectivity index (χ0n) is 38.6. The van der Waals surface area contributed by atoms with Gasteiger partial charge in [-0.2, -0.15) is 0 Å². The third-order valence-electron chi connectivity index (χ3n) is 13.0. The summed E-state index contributed by atoms with van der Waals surface area (Å²) in [5, 5.41) is 2.22. The van der Waals surface area contributed by atoms with Crippen LogP contribution in [-0.4, -0.2) is 15.0 Å². The fourth-order valence-electron chi connectivity index (χ4n) is 9.44. The summed E-state index contributed by atoms with van der Waals surface area (Å²) in [6.45, 7) is 0. The molecule has 0 atom stereocenters. The van der Waals surface area contributed by atoms with Crippen LogP contribution >= 0.6 is 0 Å². The molecule has 0 fully saturated rings. The van der Waals surface area contributed by atoms with E-state index in [9.17, 15) is 0 Å². The van der Waals surface area contributed by atoms with Gasteiger partial charge < -0.3 is 4.98 Å². The number of hydrogen-bond donors (Lipinski definition) is 0. The molecule has 0 aliphatic rings. The Morgan fingerprint density at radius 1 is 0.268 bits per heavy atom. The van der Waals surface area contributed by atoms with E-state index in [4.69, 9.17) is 15.0 Å². The van der Waals surface area contributed by atoms with Gasteiger partial charge >= 0.3 is 0 Å². The number of nitrogens with zero attached hydrogens (tertiary/aromatic N) is 3. The molecular formula is C67H44IrN3-. The predicted octanol–water partition coefficient (Wildman–Crippen LogP) is 17.5. The third-order valence-corrected chi connectivity index (χ3v) is 13.0. The minimum Gasteiger partial charge on any atom is -0.304 e. The topological polar surface area (TPSA) is 38.7 Å². The van der Waals surface area contributed by atoms with Crippen molar-refractivity contribution in [1.29, 1.82) is 0 Å². The maximum atomic E-state index is 5.46. The molecule has 0 saturated carbocycles. The summed E-state index contributed by atoms with van der Waals surface area (Å²) in [6.07, 6.45) is 1.93. The van der Waals surface area contributed by atoms with Crippen molar-refractivity contribution in [1.82, 2.24) is 15.0 Å². The van der Waals surface area contributed by atoms with Crippen molar-refractivity contribution in [3.8, 4) is 112 Å². The Balaban J connectivity index is 0.00000547. The van der Waals surface area contributed by atoms with E-state index >= 15 is 0 Å². The Hall–Kier alpha value is -8.66. The van der Waals surface area contributed by atoms with Crippen LogP contribution in [0.2, 0.25) is 0 Å². The maximum absolute atomic E-state index is 5.46. The molecule has 0 spiro atoms. The first-order valence-electron chi connectivity index (χ1n) is 23.6. The first-order valence-corrected chi connectivity index (χ1v) is 23.6. The molecule has 0 unspecified atom stereocenters. The van der Waals surface area contributed by atoms with Crippen molar-refractivity contribution in [2.24, 2.45) is 0 Å². The van der Waals surface area contributed by atoms with Gasteiger partial charge in [0, 0.05) is 37.4 Å². The van der Waals surface area contributed by atoms with Crippen LogP contribution in [0.15, 0.2) is 267 Å². The second-order valence-corrected chi connectivity index (χ2v) is 17.6. The fraction of sp³-hybridized carbons (Fsp3) is 0. The molecule has 4 heteroatoms. The average Bonchev–Trinajstić information content (AvgIpc) is 3.45. The maximum Gasteiger partial charge on any atom is 0.142 e. The van der Waals surface area contributed by atoms with Gasteiger partial charge in [0.15, 0.2) is 0 Å². The summed E-state index contributed by atoms with van der Waals surface area (Å²) in [5.41, 5.74) is 19.9. The summed E-state index contributed by atoms with van der Waals surface area (Å²) in [4.78, 5) is 15.7. The quantitative estimate of drug-likeness (QED) is 0.128. The summed E-state index contributed by atoms with van der Waals surface area (Å²) < 4.78 is 0. The molecule has 12 aromatic rings. The number of fused-ring (bicyclic) bond motifs is 1. The van der Waals surface area contributed by atoms with Gasteiger partial charge in [0.25, 0.3) is 0 Å². The van der Waals surface area contributed by atoms with Crippen LogP contribution in [0.5, 0.6) is 0 Å². The largest absolute Gasteiger partial charge is 0.304 e. The smallest absolute Gasteiger partial charge is 0.142 e. The Morgan fingerprint density at radius 3 is 1.32 bits per heavy atom. The van der Waals surface area contributed by atoms with E-state index in [-0.39, 0.29) is 20.1 Å². The van der Waals surface area contributed by atoms with Crippen LogP contribution in [0.1, 0.15) is 0 Å². The third kappa shape index (κ3) is 9.56. The zero-order chi connectivity index (χ0) is 46.6. The monoisotopic (exact) mass is 1080 g/mol. The van der Waals surface area contributed by atoms with Crippen LogP contribution in [0.25, 0.3) is 123 Å². The van der Waals surface area contributed by atoms with Gasteiger partial charge in [0.1, 0.15) is 5.82 Å². The van der Waals surface area contributed by atoms with E-state index in [0.717, 1.165) is 94.6 Å². The molecule has 0 bridgehead atoms. The first kappa shape index (κ1) is 44.8. The van der Waals surface area contributed by atoms with E-state index in [1.807, 2.05) is 24.4 Å². The number of pyridine rings is 1. The summed E-state index contributed by atoms with van der Waals surface area (Å²) in [6, 6.07) is 95.8. The molecule has 10 aromatic carbocycles. The van der Waals surface area contributed by atoms with E-state index < -0.39 is 0 Å². The van der Waals surface area contributed by atoms with Crippen molar-refractivity contribution in [2.75, 3.05) is 0 Å². The van der Waals surface area contributed by atoms with E-state index in [1.165, 1.54) is 22.3 Å². The van der Waals surface area contributed by atoms with E-state index in [2.05, 4.69) is 249 Å². The van der Waals surface area contributed by atoms with E-state index in [1.54, 1.807) is 0 Å². The molecule has 0 saturated heterocycles. The molecular weight excluding hydrogens is 1040 g/mol. The van der Waals surface area contributed by atoms with Crippen LogP contribution in [0, 0.1) is 6.07 Å². The zero-order valence-corrected chi connectivity index (χ0v) is 41.0. The van der Waals surface area contributed by atoms with Gasteiger partial charge in [0.2, 0.25) is 0 Å². The molecule has 71 heavy (non-hydrogen) atoms. The van der Waals surface area contributed by atoms with Gasteiger partial charge in [-0.05, 0) is 132 Å². The summed E-state index contributed by atoms with van der Waals surface area (Å²) in [5.74, 6) is 0.614. The first-order chi connectivity index (χ1) is 34.6. The molecule has 0 amide bonds. The minimum absolute atomic E-state index is 0. The Kier molecular flexibility index (Phi) is 12.7. The molecule has 337 valence electrons. The Labute approximate surface area is 428 Å². The molecule has 2 heterocycles. The molecule has 0 N–H and O–H groups in total. The van der Waals surface area contributed by atoms with Gasteiger partial charge in [0.05, 0.1) is 11.4 Å². The van der Waals surface area contributed by atoms with Crippen LogP contribution < -0.4 is 0 Å². The number of hydrogen-bond acceptors (Lipinski definition) is 3. The Morgan fingerprint density at radius 2 is 0.704 bits per heavy atom. The standard InChI is InChI=1S/C67H44N3.Ir/c1-5-19-46(20-6-1)56-37-57(47-21-7-2-8-22-47)39-59(38-56)50-29-17-31-53(35-50)65-44-66(70-67(69-65)54-32-18-30-52(36-54)64-43-51-27-13-14-28-55(51)45-68-64)61-41-58(48-23-9-3-10-24-48)40-60(42-61)63-34-16-15-33-62(63)49-25-11-4-12-26-49;/h1-29,31-45H;/q-1;. The molecule has 3 nitrogen and oxygen atoms in total. The molecule has 1 radical (unpaired) electrons. The molecule has 2 aromatic heterocycles. The Bertz CT molecular complexity index is 3760. The average molecular weight is 1080 g/mol. The van der Waals surface area contributed by atoms with Crippen LogP contribution in [0.4, 0.5) is 0 Å². The van der Waals surface area contributed by atoms with Gasteiger partial charge in [-0.25, -0.2) is 9.97 Å². The number of benzene rings is 10. The van der Waals surface area contributed by atoms with Crippen molar-refractivity contribution in [3.05, 3.63) is 273 Å². The summed E-state index contributed by atoms with van der Waals surface area (Å²) >= 11 is 0. The van der Waals surface area contributed by atoms with Gasteiger partial charge in [-0.3, -0.25) is 0 Å². The second kappa shape index (κ2) is 20.1. The molecule has 0 aliphatic heterocycles. The van der Waals surface area contributed by atoms with Crippen LogP contribution in [-0.2, 0) is 20.1 Å². The molecule has 12 rings (SSSR count). The van der Waals surface area contributed by atoms with Crippen molar-refractivity contribution < 1.29 is 20.1 Å². The number of aromatic nitrogens is 3. The molecule has 0 aliphatic carbocycles.